The van der Waals surface area contributed by atoms with Crippen LogP contribution in [-0.4, -0.2) is 34.6 Å². The van der Waals surface area contributed by atoms with E-state index in [0.29, 0.717) is 6.42 Å². The molecular weight excluding hydrogens is 365 g/mol. The molecule has 0 saturated heterocycles. The van der Waals surface area contributed by atoms with Crippen molar-refractivity contribution in [3.63, 3.8) is 0 Å². The van der Waals surface area contributed by atoms with Crippen LogP contribution in [0.3, 0.4) is 0 Å². The summed E-state index contributed by atoms with van der Waals surface area (Å²) in [6, 6.07) is -1.16. The molecule has 0 aliphatic rings. The maximum atomic E-state index is 10.0. The number of allylic oxidation sites excluding steroid dienone is 2. The number of aliphatic hydroxyl groups excluding tert-OH is 1. The van der Waals surface area contributed by atoms with Crippen molar-refractivity contribution in [2.75, 3.05) is 0 Å². The molecule has 2 atom stereocenters. The molecule has 0 rings (SSSR count). The summed E-state index contributed by atoms with van der Waals surface area (Å²) >= 11 is 0. The zero-order valence-corrected chi connectivity index (χ0v) is 20.5. The second-order valence-electron chi connectivity index (χ2n) is 7.08. The molecule has 2 unspecified atom stereocenters. The van der Waals surface area contributed by atoms with Gasteiger partial charge in [0.05, 0.1) is 6.10 Å². The van der Waals surface area contributed by atoms with E-state index in [9.17, 15) is 9.59 Å². The Hall–Kier alpha value is -0.200. The first-order chi connectivity index (χ1) is 13.0. The van der Waals surface area contributed by atoms with E-state index in [2.05, 4.69) is 19.1 Å². The predicted molar refractivity (Wildman–Crippen MR) is 112 cm³/mol. The number of hydrogen-bond acceptors (Lipinski definition) is 4. The zero-order valence-electron chi connectivity index (χ0n) is 18.5. The first-order valence-electron chi connectivity index (χ1n) is 10.6. The van der Waals surface area contributed by atoms with E-state index in [4.69, 9.17) is 15.9 Å². The molecule has 0 fully saturated rings. The fourth-order valence-corrected chi connectivity index (χ4v) is 2.47. The van der Waals surface area contributed by atoms with Crippen LogP contribution in [0.4, 0.5) is 0 Å². The Bertz CT molecular complexity index is 362. The van der Waals surface area contributed by atoms with E-state index in [1.807, 2.05) is 6.29 Å². The number of nitrogens with two attached hydrogens (primary N) is 1. The first kappa shape index (κ1) is 32.5. The Balaban J connectivity index is -0.000000587. The van der Waals surface area contributed by atoms with E-state index in [1.165, 1.54) is 84.0 Å². The monoisotopic (exact) mass is 407 g/mol. The minimum Gasteiger partial charge on any atom is -0.542 e. The van der Waals surface area contributed by atoms with Crippen LogP contribution in [0, 0.1) is 0 Å². The Kier molecular flexibility index (Phi) is 31.1. The molecule has 28 heavy (non-hydrogen) atoms. The van der Waals surface area contributed by atoms with Crippen LogP contribution in [0.5, 0.6) is 0 Å². The molecule has 0 aromatic heterocycles. The molecule has 4 N–H and O–H groups in total. The van der Waals surface area contributed by atoms with Crippen LogP contribution in [0.15, 0.2) is 12.2 Å². The van der Waals surface area contributed by atoms with Crippen LogP contribution in [0.1, 0.15) is 104 Å². The Morgan fingerprint density at radius 1 is 0.929 bits per heavy atom. The Morgan fingerprint density at radius 3 is 1.71 bits per heavy atom. The van der Waals surface area contributed by atoms with Crippen LogP contribution >= 0.6 is 0 Å². The van der Waals surface area contributed by atoms with E-state index >= 15 is 0 Å². The fourth-order valence-electron chi connectivity index (χ4n) is 2.47. The fraction of sp³-hybridized carbons (Fsp3) is 0.818. The van der Waals surface area contributed by atoms with Crippen molar-refractivity contribution in [1.29, 1.82) is 0 Å². The number of rotatable bonds is 17. The van der Waals surface area contributed by atoms with Crippen molar-refractivity contribution >= 4 is 12.3 Å². The van der Waals surface area contributed by atoms with Crippen molar-refractivity contribution in [3.8, 4) is 0 Å². The molecule has 6 heteroatoms. The minimum absolute atomic E-state index is 0. The maximum absolute atomic E-state index is 10.0. The smallest absolute Gasteiger partial charge is 0.542 e. The number of unbranched alkanes of at least 4 members (excludes halogenated alkanes) is 12. The summed E-state index contributed by atoms with van der Waals surface area (Å²) in [7, 11) is 0. The van der Waals surface area contributed by atoms with Crippen molar-refractivity contribution in [2.45, 2.75) is 116 Å². The second kappa shape index (κ2) is 26.8. The van der Waals surface area contributed by atoms with Gasteiger partial charge in [0.2, 0.25) is 0 Å². The van der Waals surface area contributed by atoms with E-state index in [1.54, 1.807) is 0 Å². The summed E-state index contributed by atoms with van der Waals surface area (Å²) < 4.78 is 0. The van der Waals surface area contributed by atoms with Crippen molar-refractivity contribution < 1.29 is 49.4 Å². The summed E-state index contributed by atoms with van der Waals surface area (Å²) in [6.45, 7) is 3.60. The molecule has 0 spiro atoms. The summed E-state index contributed by atoms with van der Waals surface area (Å²) in [5.74, 6) is -1.18. The minimum atomic E-state index is -1.18. The van der Waals surface area contributed by atoms with E-state index in [-0.39, 0.29) is 29.6 Å². The van der Waals surface area contributed by atoms with Gasteiger partial charge in [-0.2, -0.15) is 6.42 Å². The van der Waals surface area contributed by atoms with Crippen molar-refractivity contribution in [2.24, 2.45) is 5.73 Å². The molecule has 5 nitrogen and oxygen atoms in total. The second-order valence-corrected chi connectivity index (χ2v) is 7.08. The molecule has 0 aromatic rings. The van der Waals surface area contributed by atoms with Gasteiger partial charge in [-0.1, -0.05) is 76.9 Å². The third kappa shape index (κ3) is 28.0. The number of carboxylic acid groups (broad SMARTS) is 1. The van der Waals surface area contributed by atoms with Gasteiger partial charge in [0, 0.05) is 0 Å². The van der Waals surface area contributed by atoms with E-state index < -0.39 is 18.1 Å². The van der Waals surface area contributed by atoms with Gasteiger partial charge in [-0.15, -0.1) is 0 Å². The SMILES string of the molecule is CC(O)C(N)C(=O)O.CCCCCCCC/C=C\CCCCCCC[C-]=O.[Na+]. The number of carboxylic acids is 1. The molecular formula is C22H42NNaO4. The average molecular weight is 408 g/mol. The first-order valence-corrected chi connectivity index (χ1v) is 10.6. The normalized spacial score (nSPS) is 12.6. The number of carbonyl (C=O) groups excluding carboxylic acids is 1. The van der Waals surface area contributed by atoms with Crippen LogP contribution < -0.4 is 35.3 Å². The molecule has 0 aliphatic heterocycles. The van der Waals surface area contributed by atoms with Gasteiger partial charge >= 0.3 is 35.5 Å². The van der Waals surface area contributed by atoms with Gasteiger partial charge < -0.3 is 20.7 Å². The summed E-state index contributed by atoms with van der Waals surface area (Å²) in [5.41, 5.74) is 4.91. The maximum Gasteiger partial charge on any atom is 1.00 e. The molecule has 0 bridgehead atoms. The number of aliphatic hydroxyl groups is 1. The van der Waals surface area contributed by atoms with E-state index in [0.717, 1.165) is 6.42 Å². The van der Waals surface area contributed by atoms with Crippen molar-refractivity contribution in [1.82, 2.24) is 0 Å². The van der Waals surface area contributed by atoms with Crippen LogP contribution in [-0.2, 0) is 9.59 Å². The summed E-state index contributed by atoms with van der Waals surface area (Å²) in [5, 5.41) is 16.6. The van der Waals surface area contributed by atoms with Gasteiger partial charge in [-0.3, -0.25) is 11.1 Å². The van der Waals surface area contributed by atoms with Gasteiger partial charge in [-0.25, -0.2) is 0 Å². The third-order valence-corrected chi connectivity index (χ3v) is 4.35. The number of hydrogen-bond donors (Lipinski definition) is 3. The predicted octanol–water partition coefficient (Wildman–Crippen LogP) is 1.92. The van der Waals surface area contributed by atoms with Crippen LogP contribution in [0.25, 0.3) is 0 Å². The third-order valence-electron chi connectivity index (χ3n) is 4.35. The standard InChI is InChI=1S/C18H33O.C4H9NO3.Na/c1-2-3-4-5-6-7-8-9-10-11-12-13-14-15-16-17-18-19;1-2(6)3(5)4(7)8;/h9-10H,2-8,11-17H2,1H3;2-3,6H,5H2,1H3,(H,7,8);/q-1;;+1/b10-9-;;. The summed E-state index contributed by atoms with van der Waals surface area (Å²) in [6.07, 6.45) is 23.2. The Labute approximate surface area is 194 Å². The molecule has 0 amide bonds. The molecule has 160 valence electrons. The Morgan fingerprint density at radius 2 is 1.36 bits per heavy atom. The topological polar surface area (TPSA) is 101 Å². The van der Waals surface area contributed by atoms with Gasteiger partial charge in [-0.05, 0) is 32.6 Å². The van der Waals surface area contributed by atoms with Gasteiger partial charge in [0.25, 0.3) is 0 Å². The van der Waals surface area contributed by atoms with Gasteiger partial charge in [0.15, 0.2) is 0 Å². The summed E-state index contributed by atoms with van der Waals surface area (Å²) in [4.78, 5) is 19.9. The van der Waals surface area contributed by atoms with Crippen molar-refractivity contribution in [3.05, 3.63) is 12.2 Å². The average Bonchev–Trinajstić information content (AvgIpc) is 2.64. The molecule has 0 heterocycles. The number of carbonyl (C=O) groups is 1. The molecule has 0 aliphatic carbocycles. The molecule has 0 aromatic carbocycles. The largest absolute Gasteiger partial charge is 1.00 e. The van der Waals surface area contributed by atoms with Gasteiger partial charge in [0.1, 0.15) is 6.04 Å². The van der Waals surface area contributed by atoms with Crippen LogP contribution in [0.2, 0.25) is 0 Å². The molecule has 0 saturated carbocycles. The number of aliphatic carboxylic acids is 1. The zero-order chi connectivity index (χ0) is 20.8. The quantitative estimate of drug-likeness (QED) is 0.148. The molecule has 0 radical (unpaired) electrons.